The number of rotatable bonds is 3. The molecule has 0 saturated heterocycles. The van der Waals surface area contributed by atoms with Crippen molar-refractivity contribution < 1.29 is 4.74 Å². The molecule has 0 fully saturated rings. The van der Waals surface area contributed by atoms with E-state index in [1.54, 1.807) is 13.2 Å². The van der Waals surface area contributed by atoms with E-state index < -0.39 is 0 Å². The quantitative estimate of drug-likeness (QED) is 0.652. The van der Waals surface area contributed by atoms with Crippen LogP contribution in [-0.2, 0) is 0 Å². The van der Waals surface area contributed by atoms with Crippen LogP contribution in [-0.4, -0.2) is 7.11 Å². The summed E-state index contributed by atoms with van der Waals surface area (Å²) in [5.41, 5.74) is 8.94. The molecule has 0 unspecified atom stereocenters. The lowest BCUT2D eigenvalue weighted by Gasteiger charge is -2.07. The Morgan fingerprint density at radius 1 is 1.06 bits per heavy atom. The molecule has 18 heavy (non-hydrogen) atoms. The Morgan fingerprint density at radius 2 is 1.78 bits per heavy atom. The van der Waals surface area contributed by atoms with Gasteiger partial charge in [0.1, 0.15) is 11.4 Å². The first-order chi connectivity index (χ1) is 8.70. The van der Waals surface area contributed by atoms with Crippen LogP contribution in [0.1, 0.15) is 5.56 Å². The number of nitrogens with zero attached hydrogens (tertiary/aromatic N) is 2. The van der Waals surface area contributed by atoms with Crippen molar-refractivity contribution in [3.05, 3.63) is 48.0 Å². The summed E-state index contributed by atoms with van der Waals surface area (Å²) in [6, 6.07) is 13.2. The smallest absolute Gasteiger partial charge is 0.148 e. The Kier molecular flexibility index (Phi) is 3.57. The van der Waals surface area contributed by atoms with Crippen molar-refractivity contribution in [2.45, 2.75) is 6.92 Å². The highest BCUT2D eigenvalue weighted by Crippen LogP contribution is 2.33. The van der Waals surface area contributed by atoms with Gasteiger partial charge in [-0.15, -0.1) is 5.11 Å². The lowest BCUT2D eigenvalue weighted by molar-refractivity contribution is 0.416. The Balaban J connectivity index is 2.34. The number of hydrogen-bond acceptors (Lipinski definition) is 4. The Hall–Kier alpha value is -2.36. The summed E-state index contributed by atoms with van der Waals surface area (Å²) in [7, 11) is 1.59. The zero-order valence-electron chi connectivity index (χ0n) is 10.4. The number of hydrogen-bond donors (Lipinski definition) is 1. The van der Waals surface area contributed by atoms with Crippen LogP contribution < -0.4 is 10.5 Å². The lowest BCUT2D eigenvalue weighted by Crippen LogP contribution is -1.91. The minimum atomic E-state index is 0.623. The second kappa shape index (κ2) is 5.31. The average molecular weight is 241 g/mol. The lowest BCUT2D eigenvalue weighted by atomic mass is 10.1. The summed E-state index contributed by atoms with van der Waals surface area (Å²) in [6.07, 6.45) is 0. The van der Waals surface area contributed by atoms with Gasteiger partial charge < -0.3 is 10.5 Å². The number of azo groups is 1. The number of benzene rings is 2. The SMILES string of the molecule is COc1cc(N)c(C)cc1/N=N/c1ccccc1. The van der Waals surface area contributed by atoms with E-state index in [0.29, 0.717) is 17.1 Å². The number of methoxy groups -OCH3 is 1. The van der Waals surface area contributed by atoms with Crippen molar-refractivity contribution >= 4 is 17.1 Å². The fourth-order valence-electron chi connectivity index (χ4n) is 1.54. The van der Waals surface area contributed by atoms with Gasteiger partial charge in [0.25, 0.3) is 0 Å². The van der Waals surface area contributed by atoms with E-state index in [2.05, 4.69) is 10.2 Å². The third-order valence-corrected chi connectivity index (χ3v) is 2.60. The van der Waals surface area contributed by atoms with Crippen molar-refractivity contribution in [3.8, 4) is 5.75 Å². The van der Waals surface area contributed by atoms with Crippen LogP contribution in [0, 0.1) is 6.92 Å². The summed E-state index contributed by atoms with van der Waals surface area (Å²) in [4.78, 5) is 0. The largest absolute Gasteiger partial charge is 0.494 e. The van der Waals surface area contributed by atoms with Crippen LogP contribution in [0.25, 0.3) is 0 Å². The highest BCUT2D eigenvalue weighted by molar-refractivity contribution is 5.63. The van der Waals surface area contributed by atoms with Gasteiger partial charge in [-0.25, -0.2) is 0 Å². The van der Waals surface area contributed by atoms with Crippen molar-refractivity contribution in [3.63, 3.8) is 0 Å². The molecule has 2 aromatic carbocycles. The predicted octanol–water partition coefficient (Wildman–Crippen LogP) is 4.00. The number of ether oxygens (including phenoxy) is 1. The van der Waals surface area contributed by atoms with E-state index >= 15 is 0 Å². The van der Waals surface area contributed by atoms with Gasteiger partial charge in [0, 0.05) is 11.8 Å². The fourth-order valence-corrected chi connectivity index (χ4v) is 1.54. The molecule has 2 rings (SSSR count). The summed E-state index contributed by atoms with van der Waals surface area (Å²) in [5, 5.41) is 8.35. The molecule has 4 heteroatoms. The van der Waals surface area contributed by atoms with Gasteiger partial charge in [0.2, 0.25) is 0 Å². The average Bonchev–Trinajstić information content (AvgIpc) is 2.41. The Morgan fingerprint density at radius 3 is 2.44 bits per heavy atom. The molecule has 2 aromatic rings. The topological polar surface area (TPSA) is 60.0 Å². The molecular weight excluding hydrogens is 226 g/mol. The van der Waals surface area contributed by atoms with E-state index in [4.69, 9.17) is 10.5 Å². The van der Waals surface area contributed by atoms with E-state index in [9.17, 15) is 0 Å². The minimum absolute atomic E-state index is 0.623. The van der Waals surface area contributed by atoms with Crippen molar-refractivity contribution in [1.29, 1.82) is 0 Å². The molecule has 0 aliphatic carbocycles. The van der Waals surface area contributed by atoms with Crippen LogP contribution in [0.2, 0.25) is 0 Å². The van der Waals surface area contributed by atoms with Crippen LogP contribution >= 0.6 is 0 Å². The first-order valence-electron chi connectivity index (χ1n) is 5.61. The predicted molar refractivity (Wildman–Crippen MR) is 72.8 cm³/mol. The highest BCUT2D eigenvalue weighted by atomic mass is 16.5. The number of aryl methyl sites for hydroxylation is 1. The minimum Gasteiger partial charge on any atom is -0.494 e. The first kappa shape index (κ1) is 12.1. The zero-order chi connectivity index (χ0) is 13.0. The number of anilines is 1. The van der Waals surface area contributed by atoms with Crippen molar-refractivity contribution in [2.75, 3.05) is 12.8 Å². The first-order valence-corrected chi connectivity index (χ1v) is 5.61. The van der Waals surface area contributed by atoms with Gasteiger partial charge in [-0.2, -0.15) is 5.11 Å². The monoisotopic (exact) mass is 241 g/mol. The van der Waals surface area contributed by atoms with Crippen LogP contribution in [0.4, 0.5) is 17.1 Å². The van der Waals surface area contributed by atoms with Gasteiger partial charge in [0.05, 0.1) is 12.8 Å². The molecule has 0 aromatic heterocycles. The van der Waals surface area contributed by atoms with Gasteiger partial charge >= 0.3 is 0 Å². The molecule has 2 N–H and O–H groups in total. The van der Waals surface area contributed by atoms with Gasteiger partial charge in [-0.1, -0.05) is 18.2 Å². The third-order valence-electron chi connectivity index (χ3n) is 2.60. The summed E-state index contributed by atoms with van der Waals surface area (Å²) in [6.45, 7) is 1.93. The molecule has 4 nitrogen and oxygen atoms in total. The Labute approximate surface area is 106 Å². The molecule has 0 saturated carbocycles. The molecule has 0 atom stereocenters. The fraction of sp³-hybridized carbons (Fsp3) is 0.143. The van der Waals surface area contributed by atoms with E-state index in [1.807, 2.05) is 43.3 Å². The normalized spacial score (nSPS) is 10.8. The summed E-state index contributed by atoms with van der Waals surface area (Å²) in [5.74, 6) is 0.623. The molecule has 92 valence electrons. The van der Waals surface area contributed by atoms with Crippen LogP contribution in [0.15, 0.2) is 52.7 Å². The molecule has 0 spiro atoms. The summed E-state index contributed by atoms with van der Waals surface area (Å²) >= 11 is 0. The molecule has 0 aliphatic rings. The van der Waals surface area contributed by atoms with Crippen molar-refractivity contribution in [2.24, 2.45) is 10.2 Å². The standard InChI is InChI=1S/C14H15N3O/c1-10-8-13(14(18-2)9-12(10)15)17-16-11-6-4-3-5-7-11/h3-9H,15H2,1-2H3/b17-16+. The van der Waals surface area contributed by atoms with E-state index in [-0.39, 0.29) is 0 Å². The van der Waals surface area contributed by atoms with Crippen LogP contribution in [0.5, 0.6) is 5.75 Å². The number of nitrogens with two attached hydrogens (primary N) is 1. The van der Waals surface area contributed by atoms with Crippen LogP contribution in [0.3, 0.4) is 0 Å². The van der Waals surface area contributed by atoms with Gasteiger partial charge in [-0.05, 0) is 30.7 Å². The second-order valence-corrected chi connectivity index (χ2v) is 3.92. The maximum Gasteiger partial charge on any atom is 0.148 e. The molecule has 0 aliphatic heterocycles. The molecule has 0 amide bonds. The molecule has 0 radical (unpaired) electrons. The highest BCUT2D eigenvalue weighted by Gasteiger charge is 2.05. The Bertz CT molecular complexity index is 565. The van der Waals surface area contributed by atoms with E-state index in [0.717, 1.165) is 11.3 Å². The zero-order valence-corrected chi connectivity index (χ0v) is 10.4. The summed E-state index contributed by atoms with van der Waals surface area (Å²) < 4.78 is 5.24. The maximum absolute atomic E-state index is 5.82. The second-order valence-electron chi connectivity index (χ2n) is 3.92. The third kappa shape index (κ3) is 2.66. The molecule has 0 heterocycles. The number of nitrogen functional groups attached to an aromatic ring is 1. The van der Waals surface area contributed by atoms with Gasteiger partial charge in [-0.3, -0.25) is 0 Å². The molecular formula is C14H15N3O. The van der Waals surface area contributed by atoms with E-state index in [1.165, 1.54) is 0 Å². The van der Waals surface area contributed by atoms with Gasteiger partial charge in [0.15, 0.2) is 0 Å². The maximum atomic E-state index is 5.82. The molecule has 0 bridgehead atoms. The van der Waals surface area contributed by atoms with Crippen molar-refractivity contribution in [1.82, 2.24) is 0 Å².